The predicted molar refractivity (Wildman–Crippen MR) is 243 cm³/mol. The lowest BCUT2D eigenvalue weighted by Gasteiger charge is -2.39. The highest BCUT2D eigenvalue weighted by Gasteiger charge is 2.34. The molecule has 2 N–H and O–H groups in total. The largest absolute Gasteiger partial charge is 0.492 e. The molecule has 2 aliphatic heterocycles. The Morgan fingerprint density at radius 2 is 1.80 bits per heavy atom. The number of nitrogens with zero attached hydrogens (tertiary/aromatic N) is 4. The fourth-order valence-corrected chi connectivity index (χ4v) is 10.0. The van der Waals surface area contributed by atoms with Crippen LogP contribution >= 0.6 is 11.6 Å². The van der Waals surface area contributed by atoms with Gasteiger partial charge in [0.25, 0.3) is 21.6 Å². The number of carbonyl (C=O) groups excluding carboxylic acids is 1. The van der Waals surface area contributed by atoms with Gasteiger partial charge in [0, 0.05) is 79.1 Å². The van der Waals surface area contributed by atoms with Crippen LogP contribution in [0.4, 0.5) is 15.8 Å². The summed E-state index contributed by atoms with van der Waals surface area (Å²) in [5, 5.41) is 13.8. The van der Waals surface area contributed by atoms with Crippen LogP contribution in [0, 0.1) is 21.3 Å². The van der Waals surface area contributed by atoms with Crippen molar-refractivity contribution in [3.05, 3.63) is 152 Å². The Bertz CT molecular complexity index is 2910. The first-order valence-corrected chi connectivity index (χ1v) is 23.0. The minimum absolute atomic E-state index is 0.0166. The first-order valence-electron chi connectivity index (χ1n) is 21.1. The minimum atomic E-state index is -4.68. The third-order valence-electron chi connectivity index (χ3n) is 12.5. The first kappa shape index (κ1) is 43.0. The molecule has 2 aromatic heterocycles. The zero-order chi connectivity index (χ0) is 44.8. The number of halogens is 2. The highest BCUT2D eigenvalue weighted by atomic mass is 35.5. The van der Waals surface area contributed by atoms with Crippen LogP contribution < -0.4 is 19.1 Å². The summed E-state index contributed by atoms with van der Waals surface area (Å²) in [4.78, 5) is 37.3. The molecule has 1 fully saturated rings. The van der Waals surface area contributed by atoms with E-state index in [2.05, 4.69) is 50.5 Å². The number of amides is 1. The molecule has 64 heavy (non-hydrogen) atoms. The molecule has 4 aromatic carbocycles. The van der Waals surface area contributed by atoms with Gasteiger partial charge in [-0.15, -0.1) is 0 Å². The van der Waals surface area contributed by atoms with Gasteiger partial charge in [0.05, 0.1) is 33.7 Å². The molecular formula is C48H46ClFN6O7S. The van der Waals surface area contributed by atoms with Gasteiger partial charge in [-0.3, -0.25) is 19.8 Å². The Morgan fingerprint density at radius 1 is 1.03 bits per heavy atom. The summed E-state index contributed by atoms with van der Waals surface area (Å²) >= 11 is 6.24. The molecule has 3 aliphatic rings. The maximum atomic E-state index is 14.0. The van der Waals surface area contributed by atoms with Gasteiger partial charge < -0.3 is 19.4 Å². The summed E-state index contributed by atoms with van der Waals surface area (Å²) in [5.41, 5.74) is 6.09. The second-order valence-electron chi connectivity index (χ2n) is 17.4. The number of carbonyl (C=O) groups is 1. The van der Waals surface area contributed by atoms with Crippen molar-refractivity contribution in [2.45, 2.75) is 50.3 Å². The molecule has 9 rings (SSSR count). The van der Waals surface area contributed by atoms with Crippen molar-refractivity contribution in [1.29, 1.82) is 0 Å². The number of ether oxygens (including phenoxy) is 2. The normalized spacial score (nSPS) is 17.8. The lowest BCUT2D eigenvalue weighted by Crippen LogP contribution is -2.47. The number of sulfonamides is 1. The number of allylic oxidation sites excluding steroid dienone is 1. The maximum absolute atomic E-state index is 14.0. The van der Waals surface area contributed by atoms with E-state index in [1.165, 1.54) is 47.2 Å². The highest BCUT2D eigenvalue weighted by molar-refractivity contribution is 7.90. The van der Waals surface area contributed by atoms with E-state index in [9.17, 15) is 27.7 Å². The average Bonchev–Trinajstić information content (AvgIpc) is 3.75. The van der Waals surface area contributed by atoms with Gasteiger partial charge >= 0.3 is 0 Å². The van der Waals surface area contributed by atoms with E-state index < -0.39 is 37.3 Å². The SMILES string of the molecule is CC1(C)CCC(CN2CCN(c3ccc(C(=O)NS(=O)(=O)c4cc5c(c([N+](=O)[O-])c4)C[C@@H](c4ccc(F)cc4)CO5)c(Oc4cnc5[nH]ccc5c4)c3)CC2)=C(c2ccc(Cl)cc2)C1. The van der Waals surface area contributed by atoms with Crippen LogP contribution in [0.2, 0.25) is 5.02 Å². The quantitative estimate of drug-likeness (QED) is 0.0947. The third-order valence-corrected chi connectivity index (χ3v) is 14.0. The van der Waals surface area contributed by atoms with Crippen LogP contribution in [0.3, 0.4) is 0 Å². The Morgan fingerprint density at radius 3 is 2.55 bits per heavy atom. The van der Waals surface area contributed by atoms with Crippen molar-refractivity contribution in [1.82, 2.24) is 19.6 Å². The molecule has 4 heterocycles. The van der Waals surface area contributed by atoms with Crippen LogP contribution in [-0.2, 0) is 16.4 Å². The maximum Gasteiger partial charge on any atom is 0.277 e. The number of nitro benzene ring substituents is 1. The average molecular weight is 905 g/mol. The number of nitrogens with one attached hydrogen (secondary N) is 2. The van der Waals surface area contributed by atoms with Crippen LogP contribution in [0.1, 0.15) is 66.1 Å². The summed E-state index contributed by atoms with van der Waals surface area (Å²) in [6.07, 6.45) is 6.58. The van der Waals surface area contributed by atoms with E-state index in [0.717, 1.165) is 66.6 Å². The van der Waals surface area contributed by atoms with Crippen molar-refractivity contribution in [3.8, 4) is 17.2 Å². The Labute approximate surface area is 375 Å². The molecule has 6 aromatic rings. The molecule has 1 saturated heterocycles. The zero-order valence-electron chi connectivity index (χ0n) is 35.3. The van der Waals surface area contributed by atoms with Crippen molar-refractivity contribution < 1.29 is 32.0 Å². The lowest BCUT2D eigenvalue weighted by molar-refractivity contribution is -0.386. The van der Waals surface area contributed by atoms with Gasteiger partial charge in [-0.25, -0.2) is 22.5 Å². The van der Waals surface area contributed by atoms with Gasteiger partial charge in [-0.1, -0.05) is 55.3 Å². The number of aromatic amines is 1. The Kier molecular flexibility index (Phi) is 11.7. The van der Waals surface area contributed by atoms with E-state index >= 15 is 0 Å². The van der Waals surface area contributed by atoms with E-state index in [4.69, 9.17) is 21.1 Å². The highest BCUT2D eigenvalue weighted by Crippen LogP contribution is 2.44. The molecule has 0 spiro atoms. The second kappa shape index (κ2) is 17.4. The van der Waals surface area contributed by atoms with Gasteiger partial charge in [0.1, 0.15) is 28.7 Å². The Hall–Kier alpha value is -6.29. The van der Waals surface area contributed by atoms with Gasteiger partial charge in [-0.05, 0) is 96.3 Å². The number of anilines is 1. The van der Waals surface area contributed by atoms with Gasteiger partial charge in [0.15, 0.2) is 0 Å². The number of aromatic nitrogens is 2. The second-order valence-corrected chi connectivity index (χ2v) is 19.6. The number of H-pyrrole nitrogens is 1. The van der Waals surface area contributed by atoms with Crippen molar-refractivity contribution in [3.63, 3.8) is 0 Å². The predicted octanol–water partition coefficient (Wildman–Crippen LogP) is 9.68. The molecule has 13 nitrogen and oxygen atoms in total. The monoisotopic (exact) mass is 904 g/mol. The number of fused-ring (bicyclic) bond motifs is 2. The number of piperazine rings is 1. The van der Waals surface area contributed by atoms with E-state index in [0.29, 0.717) is 24.5 Å². The molecule has 0 bridgehead atoms. The number of nitro groups is 1. The molecule has 16 heteroatoms. The first-order chi connectivity index (χ1) is 30.7. The lowest BCUT2D eigenvalue weighted by atomic mass is 9.72. The number of hydrogen-bond acceptors (Lipinski definition) is 10. The number of benzene rings is 4. The van der Waals surface area contributed by atoms with Crippen LogP contribution in [-0.4, -0.2) is 73.4 Å². The fraction of sp³-hybridized carbons (Fsp3) is 0.292. The van der Waals surface area contributed by atoms with Crippen molar-refractivity contribution >= 4 is 55.5 Å². The fourth-order valence-electron chi connectivity index (χ4n) is 8.92. The number of rotatable bonds is 11. The molecule has 0 saturated carbocycles. The van der Waals surface area contributed by atoms with Crippen molar-refractivity contribution in [2.75, 3.05) is 44.2 Å². The summed E-state index contributed by atoms with van der Waals surface area (Å²) in [5.74, 6) is -1.30. The topological polar surface area (TPSA) is 160 Å². The van der Waals surface area contributed by atoms with Crippen LogP contribution in [0.5, 0.6) is 17.2 Å². The van der Waals surface area contributed by atoms with Gasteiger partial charge in [-0.2, -0.15) is 0 Å². The molecule has 1 aliphatic carbocycles. The van der Waals surface area contributed by atoms with Gasteiger partial charge in [0.2, 0.25) is 0 Å². The number of hydrogen-bond donors (Lipinski definition) is 2. The summed E-state index contributed by atoms with van der Waals surface area (Å²) in [6, 6.07) is 24.6. The van der Waals surface area contributed by atoms with Crippen LogP contribution in [0.15, 0.2) is 114 Å². The smallest absolute Gasteiger partial charge is 0.277 e. The van der Waals surface area contributed by atoms with Crippen molar-refractivity contribution in [2.24, 2.45) is 5.41 Å². The standard InChI is InChI=1S/C48H46ClFN6O7S/c1-48(2)15-13-33(42(26-48)31-3-7-35(49)8-4-31)28-54-17-19-55(20-18-54)37-11-12-40(45(23-37)63-38-21-32-14-16-51-46(32)52-27-38)47(57)53-64(60,61)39-24-43(56(58)59)41-22-34(29-62-44(41)25-39)30-5-9-36(50)10-6-30/h3-12,14,16,21,23-25,27,34H,13,15,17-20,22,26,28-29H2,1-2H3,(H,51,52)(H,53,57)/t34-/m1/s1. The summed E-state index contributed by atoms with van der Waals surface area (Å²) in [7, 11) is -4.68. The molecule has 330 valence electrons. The van der Waals surface area contributed by atoms with E-state index in [1.807, 2.05) is 18.2 Å². The molecule has 1 atom stereocenters. The minimum Gasteiger partial charge on any atom is -0.492 e. The molecule has 0 radical (unpaired) electrons. The Balaban J connectivity index is 0.953. The summed E-state index contributed by atoms with van der Waals surface area (Å²) in [6.45, 7) is 8.61. The molecule has 0 unspecified atom stereocenters. The van der Waals surface area contributed by atoms with Crippen LogP contribution in [0.25, 0.3) is 16.6 Å². The molecular weight excluding hydrogens is 859 g/mol. The third kappa shape index (κ3) is 9.19. The number of pyridine rings is 1. The summed E-state index contributed by atoms with van der Waals surface area (Å²) < 4.78 is 55.7. The molecule has 1 amide bonds. The zero-order valence-corrected chi connectivity index (χ0v) is 36.8. The van der Waals surface area contributed by atoms with E-state index in [-0.39, 0.29) is 47.0 Å². The van der Waals surface area contributed by atoms with E-state index in [1.54, 1.807) is 36.5 Å².